The van der Waals surface area contributed by atoms with Crippen molar-refractivity contribution in [3.05, 3.63) is 21.4 Å². The van der Waals surface area contributed by atoms with Crippen LogP contribution in [0.25, 0.3) is 0 Å². The molecule has 0 bridgehead atoms. The molecule has 7 nitrogen and oxygen atoms in total. The van der Waals surface area contributed by atoms with Gasteiger partial charge >= 0.3 is 6.18 Å². The van der Waals surface area contributed by atoms with Crippen LogP contribution in [-0.2, 0) is 9.53 Å². The van der Waals surface area contributed by atoms with E-state index in [4.69, 9.17) is 16.3 Å². The van der Waals surface area contributed by atoms with Gasteiger partial charge in [-0.15, -0.1) is 0 Å². The lowest BCUT2D eigenvalue weighted by Crippen LogP contribution is -2.49. The Bertz CT molecular complexity index is 687. The minimum absolute atomic E-state index is 0.0307. The van der Waals surface area contributed by atoms with E-state index < -0.39 is 29.5 Å². The molecule has 146 valence electrons. The lowest BCUT2D eigenvalue weighted by atomic mass is 9.79. The number of anilines is 1. The topological polar surface area (TPSA) is 87.3 Å². The number of ether oxygens (including phenoxy) is 1. The normalized spacial score (nSPS) is 17.2. The second-order valence-corrected chi connectivity index (χ2v) is 6.80. The zero-order valence-corrected chi connectivity index (χ0v) is 14.9. The van der Waals surface area contributed by atoms with Crippen LogP contribution in [0.4, 0.5) is 19.0 Å². The molecule has 1 aromatic rings. The first-order chi connectivity index (χ1) is 12.1. The highest BCUT2D eigenvalue weighted by Gasteiger charge is 2.37. The van der Waals surface area contributed by atoms with Gasteiger partial charge in [0.1, 0.15) is 11.4 Å². The molecule has 1 saturated heterocycles. The van der Waals surface area contributed by atoms with Crippen molar-refractivity contribution in [3.8, 4) is 0 Å². The maximum Gasteiger partial charge on any atom is 0.397 e. The van der Waals surface area contributed by atoms with E-state index in [0.29, 0.717) is 38.4 Å². The smallest absolute Gasteiger partial charge is 0.384 e. The average molecular weight is 397 g/mol. The number of H-pyrrole nitrogens is 1. The molecule has 0 atom stereocenters. The van der Waals surface area contributed by atoms with Crippen molar-refractivity contribution in [1.29, 1.82) is 0 Å². The predicted octanol–water partition coefficient (Wildman–Crippen LogP) is 1.72. The number of carbonyl (C=O) groups is 1. The number of nitrogens with one attached hydrogen (secondary N) is 2. The first-order valence-corrected chi connectivity index (χ1v) is 8.34. The Morgan fingerprint density at radius 3 is 2.65 bits per heavy atom. The number of rotatable bonds is 6. The molecule has 1 aliphatic heterocycles. The van der Waals surface area contributed by atoms with E-state index in [2.05, 4.69) is 15.5 Å². The van der Waals surface area contributed by atoms with Crippen LogP contribution in [0, 0.1) is 5.41 Å². The molecule has 0 saturated carbocycles. The van der Waals surface area contributed by atoms with Gasteiger partial charge in [0.25, 0.3) is 5.56 Å². The van der Waals surface area contributed by atoms with E-state index in [-0.39, 0.29) is 11.6 Å². The summed E-state index contributed by atoms with van der Waals surface area (Å²) in [7, 11) is 1.51. The quantitative estimate of drug-likeness (QED) is 0.764. The van der Waals surface area contributed by atoms with E-state index in [1.54, 1.807) is 0 Å². The first kappa shape index (κ1) is 20.5. The van der Waals surface area contributed by atoms with Gasteiger partial charge in [0.2, 0.25) is 5.91 Å². The molecule has 1 aromatic heterocycles. The number of alkyl halides is 3. The van der Waals surface area contributed by atoms with Crippen LogP contribution in [0.5, 0.6) is 0 Å². The van der Waals surface area contributed by atoms with Crippen LogP contribution >= 0.6 is 11.6 Å². The maximum absolute atomic E-state index is 12.3. The molecule has 0 unspecified atom stereocenters. The summed E-state index contributed by atoms with van der Waals surface area (Å²) in [6.45, 7) is 1.48. The monoisotopic (exact) mass is 396 g/mol. The molecule has 2 rings (SSSR count). The number of methoxy groups -OCH3 is 1. The summed E-state index contributed by atoms with van der Waals surface area (Å²) in [5.74, 6) is -0.536. The molecule has 1 fully saturated rings. The van der Waals surface area contributed by atoms with E-state index in [1.165, 1.54) is 13.2 Å². The average Bonchev–Trinajstić information content (AvgIpc) is 2.55. The number of hydrogen-bond donors (Lipinski definition) is 2. The largest absolute Gasteiger partial charge is 0.397 e. The van der Waals surface area contributed by atoms with Crippen LogP contribution in [0.15, 0.2) is 10.9 Å². The highest BCUT2D eigenvalue weighted by atomic mass is 35.5. The van der Waals surface area contributed by atoms with Crippen LogP contribution in [0.1, 0.15) is 19.3 Å². The Morgan fingerprint density at radius 2 is 2.12 bits per heavy atom. The summed E-state index contributed by atoms with van der Waals surface area (Å²) >= 11 is 5.81. The van der Waals surface area contributed by atoms with E-state index >= 15 is 0 Å². The number of carbonyl (C=O) groups excluding carboxylic acids is 1. The summed E-state index contributed by atoms with van der Waals surface area (Å²) in [5.41, 5.74) is -0.938. The van der Waals surface area contributed by atoms with Gasteiger partial charge in [0, 0.05) is 38.2 Å². The number of amides is 1. The highest BCUT2D eigenvalue weighted by Crippen LogP contribution is 2.33. The number of aromatic nitrogens is 2. The molecular formula is C15H20ClF3N4O3. The maximum atomic E-state index is 12.3. The number of nitrogens with zero attached hydrogens (tertiary/aromatic N) is 2. The second kappa shape index (κ2) is 8.26. The van der Waals surface area contributed by atoms with Gasteiger partial charge in [-0.25, -0.2) is 5.10 Å². The predicted molar refractivity (Wildman–Crippen MR) is 89.3 cm³/mol. The highest BCUT2D eigenvalue weighted by molar-refractivity contribution is 6.30. The summed E-state index contributed by atoms with van der Waals surface area (Å²) in [4.78, 5) is 24.7. The molecular weight excluding hydrogens is 377 g/mol. The summed E-state index contributed by atoms with van der Waals surface area (Å²) in [6.07, 6.45) is -4.88. The number of hydrogen-bond acceptors (Lipinski definition) is 5. The van der Waals surface area contributed by atoms with Crippen molar-refractivity contribution in [2.24, 2.45) is 5.41 Å². The van der Waals surface area contributed by atoms with Crippen molar-refractivity contribution < 1.29 is 22.7 Å². The lowest BCUT2D eigenvalue weighted by Gasteiger charge is -2.41. The first-order valence-electron chi connectivity index (χ1n) is 7.97. The lowest BCUT2D eigenvalue weighted by molar-refractivity contribution is -0.154. The Hall–Kier alpha value is -1.81. The van der Waals surface area contributed by atoms with Crippen molar-refractivity contribution in [3.63, 3.8) is 0 Å². The Morgan fingerprint density at radius 1 is 1.46 bits per heavy atom. The molecule has 2 N–H and O–H groups in total. The van der Waals surface area contributed by atoms with Crippen LogP contribution in [0.3, 0.4) is 0 Å². The van der Waals surface area contributed by atoms with Crippen molar-refractivity contribution in [2.75, 3.05) is 38.3 Å². The molecule has 11 heteroatoms. The van der Waals surface area contributed by atoms with Gasteiger partial charge in [-0.05, 0) is 12.8 Å². The third-order valence-electron chi connectivity index (χ3n) is 4.36. The summed E-state index contributed by atoms with van der Waals surface area (Å²) in [5, 5.41) is 8.65. The number of aromatic amines is 1. The van der Waals surface area contributed by atoms with Crippen LogP contribution in [-0.4, -0.2) is 55.6 Å². The SMILES string of the molecule is COCC1(CNC(=O)CC(F)(F)F)CCN(c2cc(Cl)c(=O)[nH]n2)CC1. The third kappa shape index (κ3) is 5.60. The second-order valence-electron chi connectivity index (χ2n) is 6.39. The minimum Gasteiger partial charge on any atom is -0.384 e. The Labute approximate surface area is 152 Å². The number of halogens is 4. The fourth-order valence-corrected chi connectivity index (χ4v) is 3.09. The van der Waals surface area contributed by atoms with Crippen molar-refractivity contribution in [1.82, 2.24) is 15.5 Å². The molecule has 2 heterocycles. The Balaban J connectivity index is 1.97. The molecule has 0 radical (unpaired) electrons. The molecule has 0 aromatic carbocycles. The van der Waals surface area contributed by atoms with Gasteiger partial charge in [-0.2, -0.15) is 18.3 Å². The van der Waals surface area contributed by atoms with Crippen LogP contribution < -0.4 is 15.8 Å². The zero-order chi connectivity index (χ0) is 19.4. The third-order valence-corrected chi connectivity index (χ3v) is 4.65. The minimum atomic E-state index is -4.53. The van der Waals surface area contributed by atoms with E-state index in [0.717, 1.165) is 0 Å². The molecule has 1 amide bonds. The van der Waals surface area contributed by atoms with Crippen molar-refractivity contribution in [2.45, 2.75) is 25.4 Å². The van der Waals surface area contributed by atoms with Crippen LogP contribution in [0.2, 0.25) is 5.02 Å². The van der Waals surface area contributed by atoms with Gasteiger partial charge in [0.05, 0.1) is 6.61 Å². The number of piperidine rings is 1. The van der Waals surface area contributed by atoms with Gasteiger partial charge < -0.3 is 15.0 Å². The van der Waals surface area contributed by atoms with E-state index in [1.807, 2.05) is 4.90 Å². The standard InChI is InChI=1S/C15H20ClF3N4O3/c1-26-9-14(8-20-12(24)7-15(17,18)19)2-4-23(5-3-14)11-6-10(16)13(25)22-21-11/h6H,2-5,7-9H2,1H3,(H,20,24)(H,22,25). The van der Waals surface area contributed by atoms with Gasteiger partial charge in [0.15, 0.2) is 5.82 Å². The fraction of sp³-hybridized carbons (Fsp3) is 0.667. The summed E-state index contributed by atoms with van der Waals surface area (Å²) in [6, 6.07) is 1.47. The molecule has 26 heavy (non-hydrogen) atoms. The summed E-state index contributed by atoms with van der Waals surface area (Å²) < 4.78 is 42.1. The van der Waals surface area contributed by atoms with E-state index in [9.17, 15) is 22.8 Å². The molecule has 0 aliphatic carbocycles. The fourth-order valence-electron chi connectivity index (χ4n) is 2.95. The Kier molecular flexibility index (Phi) is 6.51. The van der Waals surface area contributed by atoms with Gasteiger partial charge in [-0.3, -0.25) is 9.59 Å². The van der Waals surface area contributed by atoms with Crippen molar-refractivity contribution >= 4 is 23.3 Å². The molecule has 0 spiro atoms. The zero-order valence-electron chi connectivity index (χ0n) is 14.2. The van der Waals surface area contributed by atoms with Gasteiger partial charge in [-0.1, -0.05) is 11.6 Å². The molecule has 1 aliphatic rings.